The van der Waals surface area contributed by atoms with Crippen LogP contribution in [0.4, 0.5) is 0 Å². The van der Waals surface area contributed by atoms with Gasteiger partial charge in [0.25, 0.3) is 5.91 Å². The van der Waals surface area contributed by atoms with E-state index in [1.54, 1.807) is 29.2 Å². The summed E-state index contributed by atoms with van der Waals surface area (Å²) in [7, 11) is -3.72. The van der Waals surface area contributed by atoms with Gasteiger partial charge in [0.2, 0.25) is 10.0 Å². The van der Waals surface area contributed by atoms with E-state index in [-0.39, 0.29) is 17.3 Å². The Bertz CT molecular complexity index is 1070. The highest BCUT2D eigenvalue weighted by Gasteiger charge is 2.19. The number of benzene rings is 1. The number of thiophene rings is 1. The first-order chi connectivity index (χ1) is 13.9. The molecule has 3 aromatic rings. The van der Waals surface area contributed by atoms with Crippen LogP contribution in [-0.4, -0.2) is 25.8 Å². The summed E-state index contributed by atoms with van der Waals surface area (Å²) >= 11 is 7.37. The minimum atomic E-state index is -3.72. The zero-order valence-corrected chi connectivity index (χ0v) is 17.8. The molecule has 0 saturated heterocycles. The molecule has 0 atom stereocenters. The second-order valence-corrected chi connectivity index (χ2v) is 9.68. The lowest BCUT2D eigenvalue weighted by atomic mass is 10.2. The van der Waals surface area contributed by atoms with Crippen LogP contribution in [-0.2, 0) is 23.1 Å². The van der Waals surface area contributed by atoms with E-state index >= 15 is 0 Å². The van der Waals surface area contributed by atoms with Crippen molar-refractivity contribution < 1.29 is 17.6 Å². The second-order valence-electron chi connectivity index (χ2n) is 6.11. The molecule has 9 heteroatoms. The smallest absolute Gasteiger partial charge is 0.254 e. The van der Waals surface area contributed by atoms with Gasteiger partial charge in [0.05, 0.1) is 28.6 Å². The fraction of sp³-hybridized carbons (Fsp3) is 0.150. The monoisotopic (exact) mass is 450 g/mol. The second kappa shape index (κ2) is 9.41. The van der Waals surface area contributed by atoms with Crippen molar-refractivity contribution in [3.8, 4) is 0 Å². The van der Waals surface area contributed by atoms with Gasteiger partial charge < -0.3 is 9.32 Å². The number of nitrogens with one attached hydrogen (secondary N) is 1. The molecule has 0 aliphatic carbocycles. The molecule has 0 bridgehead atoms. The van der Waals surface area contributed by atoms with Crippen LogP contribution in [0, 0.1) is 0 Å². The molecule has 0 spiro atoms. The SMILES string of the molecule is C=CCN(Cc1ccc(Cl)s1)C(=O)c1ccc(S(=O)(=O)NCc2ccco2)cc1. The molecular weight excluding hydrogens is 432 g/mol. The van der Waals surface area contributed by atoms with Crippen molar-refractivity contribution in [2.24, 2.45) is 0 Å². The highest BCUT2D eigenvalue weighted by molar-refractivity contribution is 7.89. The number of sulfonamides is 1. The molecular formula is C20H19ClN2O4S2. The fourth-order valence-corrected chi connectivity index (χ4v) is 4.72. The lowest BCUT2D eigenvalue weighted by Gasteiger charge is -2.20. The van der Waals surface area contributed by atoms with Crippen molar-refractivity contribution in [3.05, 3.63) is 88.0 Å². The highest BCUT2D eigenvalue weighted by atomic mass is 35.5. The van der Waals surface area contributed by atoms with Gasteiger partial charge in [-0.25, -0.2) is 13.1 Å². The van der Waals surface area contributed by atoms with Crippen molar-refractivity contribution in [3.63, 3.8) is 0 Å². The summed E-state index contributed by atoms with van der Waals surface area (Å²) in [5.41, 5.74) is 0.388. The third-order valence-corrected chi connectivity index (χ3v) is 6.67. The first-order valence-corrected chi connectivity index (χ1v) is 11.3. The Morgan fingerprint density at radius 2 is 1.97 bits per heavy atom. The van der Waals surface area contributed by atoms with Crippen LogP contribution in [0.2, 0.25) is 4.34 Å². The van der Waals surface area contributed by atoms with Gasteiger partial charge in [-0.05, 0) is 48.5 Å². The molecule has 0 aliphatic rings. The maximum atomic E-state index is 12.9. The normalized spacial score (nSPS) is 11.3. The van der Waals surface area contributed by atoms with Crippen LogP contribution < -0.4 is 4.72 Å². The predicted molar refractivity (Wildman–Crippen MR) is 113 cm³/mol. The summed E-state index contributed by atoms with van der Waals surface area (Å²) in [6, 6.07) is 12.8. The number of halogens is 1. The van der Waals surface area contributed by atoms with E-state index in [1.807, 2.05) is 6.07 Å². The van der Waals surface area contributed by atoms with Gasteiger partial charge in [-0.3, -0.25) is 4.79 Å². The molecule has 3 rings (SSSR count). The third-order valence-electron chi connectivity index (χ3n) is 4.04. The molecule has 1 aromatic carbocycles. The highest BCUT2D eigenvalue weighted by Crippen LogP contribution is 2.23. The van der Waals surface area contributed by atoms with Crippen molar-refractivity contribution in [1.29, 1.82) is 0 Å². The first-order valence-electron chi connectivity index (χ1n) is 8.65. The summed E-state index contributed by atoms with van der Waals surface area (Å²) in [5.74, 6) is 0.288. The van der Waals surface area contributed by atoms with E-state index < -0.39 is 10.0 Å². The van der Waals surface area contributed by atoms with Crippen molar-refractivity contribution in [1.82, 2.24) is 9.62 Å². The van der Waals surface area contributed by atoms with E-state index in [0.29, 0.717) is 28.7 Å². The van der Waals surface area contributed by atoms with Crippen LogP contribution in [0.1, 0.15) is 21.0 Å². The fourth-order valence-electron chi connectivity index (χ4n) is 2.62. The number of nitrogens with zero attached hydrogens (tertiary/aromatic N) is 1. The van der Waals surface area contributed by atoms with Crippen molar-refractivity contribution >= 4 is 38.9 Å². The van der Waals surface area contributed by atoms with Gasteiger partial charge >= 0.3 is 0 Å². The largest absolute Gasteiger partial charge is 0.468 e. The topological polar surface area (TPSA) is 79.6 Å². The summed E-state index contributed by atoms with van der Waals surface area (Å²) < 4.78 is 33.1. The summed E-state index contributed by atoms with van der Waals surface area (Å²) in [4.78, 5) is 15.5. The Hall–Kier alpha value is -2.39. The van der Waals surface area contributed by atoms with E-state index in [0.717, 1.165) is 4.88 Å². The molecule has 29 heavy (non-hydrogen) atoms. The van der Waals surface area contributed by atoms with Crippen LogP contribution in [0.25, 0.3) is 0 Å². The number of furan rings is 1. The van der Waals surface area contributed by atoms with Gasteiger partial charge in [-0.2, -0.15) is 0 Å². The molecule has 2 aromatic heterocycles. The minimum absolute atomic E-state index is 0.0481. The number of amides is 1. The van der Waals surface area contributed by atoms with Crippen LogP contribution >= 0.6 is 22.9 Å². The molecule has 6 nitrogen and oxygen atoms in total. The zero-order valence-electron chi connectivity index (χ0n) is 15.4. The average Bonchev–Trinajstić information content (AvgIpc) is 3.37. The maximum Gasteiger partial charge on any atom is 0.254 e. The molecule has 0 radical (unpaired) electrons. The molecule has 2 heterocycles. The summed E-state index contributed by atoms with van der Waals surface area (Å²) in [6.07, 6.45) is 3.12. The lowest BCUT2D eigenvalue weighted by Crippen LogP contribution is -2.30. The zero-order chi connectivity index (χ0) is 20.9. The Balaban J connectivity index is 1.71. The Kier molecular flexibility index (Phi) is 6.92. The Morgan fingerprint density at radius 1 is 1.21 bits per heavy atom. The van der Waals surface area contributed by atoms with Crippen LogP contribution in [0.5, 0.6) is 0 Å². The van der Waals surface area contributed by atoms with E-state index in [4.69, 9.17) is 16.0 Å². The maximum absolute atomic E-state index is 12.9. The molecule has 1 amide bonds. The minimum Gasteiger partial charge on any atom is -0.468 e. The van der Waals surface area contributed by atoms with Crippen LogP contribution in [0.15, 0.2) is 76.8 Å². The molecule has 152 valence electrons. The standard InChI is InChI=1S/C20H19ClN2O4S2/c1-2-11-23(14-17-7-10-19(21)28-17)20(24)15-5-8-18(9-6-15)29(25,26)22-13-16-4-3-12-27-16/h2-10,12,22H,1,11,13-14H2. The summed E-state index contributed by atoms with van der Waals surface area (Å²) in [5, 5.41) is 0. The van der Waals surface area contributed by atoms with Gasteiger partial charge in [0.15, 0.2) is 0 Å². The van der Waals surface area contributed by atoms with Gasteiger partial charge in [-0.15, -0.1) is 17.9 Å². The number of rotatable bonds is 9. The quantitative estimate of drug-likeness (QED) is 0.493. The van der Waals surface area contributed by atoms with Gasteiger partial charge in [0.1, 0.15) is 5.76 Å². The first kappa shape index (κ1) is 21.3. The Labute approximate surface area is 178 Å². The lowest BCUT2D eigenvalue weighted by molar-refractivity contribution is 0.0764. The van der Waals surface area contributed by atoms with Crippen molar-refractivity contribution in [2.45, 2.75) is 18.0 Å². The number of carbonyl (C=O) groups is 1. The third kappa shape index (κ3) is 5.57. The molecule has 0 aliphatic heterocycles. The predicted octanol–water partition coefficient (Wildman–Crippen LogP) is 4.30. The Morgan fingerprint density at radius 3 is 2.55 bits per heavy atom. The molecule has 1 N–H and O–H groups in total. The van der Waals surface area contributed by atoms with Gasteiger partial charge in [-0.1, -0.05) is 17.7 Å². The number of carbonyl (C=O) groups excluding carboxylic acids is 1. The summed E-state index contributed by atoms with van der Waals surface area (Å²) in [6.45, 7) is 4.50. The average molecular weight is 451 g/mol. The van der Waals surface area contributed by atoms with E-state index in [1.165, 1.54) is 41.9 Å². The van der Waals surface area contributed by atoms with E-state index in [9.17, 15) is 13.2 Å². The molecule has 0 unspecified atom stereocenters. The van der Waals surface area contributed by atoms with E-state index in [2.05, 4.69) is 11.3 Å². The number of hydrogen-bond acceptors (Lipinski definition) is 5. The van der Waals surface area contributed by atoms with Crippen LogP contribution in [0.3, 0.4) is 0 Å². The molecule has 0 saturated carbocycles. The van der Waals surface area contributed by atoms with Gasteiger partial charge in [0, 0.05) is 17.0 Å². The number of hydrogen-bond donors (Lipinski definition) is 1. The van der Waals surface area contributed by atoms with Crippen molar-refractivity contribution in [2.75, 3.05) is 6.54 Å². The molecule has 0 fully saturated rings.